The predicted molar refractivity (Wildman–Crippen MR) is 142 cm³/mol. The van der Waals surface area contributed by atoms with Crippen molar-refractivity contribution in [3.05, 3.63) is 35.9 Å². The van der Waals surface area contributed by atoms with Crippen molar-refractivity contribution in [2.45, 2.75) is 19.9 Å². The van der Waals surface area contributed by atoms with Crippen molar-refractivity contribution in [2.24, 2.45) is 4.99 Å². The van der Waals surface area contributed by atoms with Gasteiger partial charge in [0.1, 0.15) is 0 Å². The average Bonchev–Trinajstić information content (AvgIpc) is 2.76. The Morgan fingerprint density at radius 2 is 1.77 bits per heavy atom. The third kappa shape index (κ3) is 12.6. The number of ether oxygens (including phenoxy) is 1. The number of rotatable bonds is 13. The van der Waals surface area contributed by atoms with E-state index in [0.29, 0.717) is 0 Å². The van der Waals surface area contributed by atoms with Gasteiger partial charge >= 0.3 is 0 Å². The monoisotopic (exact) mass is 546 g/mol. The molecule has 2 N–H and O–H groups in total. The lowest BCUT2D eigenvalue weighted by Gasteiger charge is -2.34. The SMILES string of the molecule is CCNC(=NCCN1CCN(Cc2ccccc2)CC1)NCCN(C)CCCOC.I. The molecule has 1 aliphatic heterocycles. The Morgan fingerprint density at radius 3 is 2.45 bits per heavy atom. The zero-order valence-corrected chi connectivity index (χ0v) is 22.0. The maximum Gasteiger partial charge on any atom is 0.191 e. The van der Waals surface area contributed by atoms with Crippen molar-refractivity contribution < 1.29 is 4.74 Å². The first-order valence-corrected chi connectivity index (χ1v) is 11.4. The van der Waals surface area contributed by atoms with E-state index in [9.17, 15) is 0 Å². The van der Waals surface area contributed by atoms with Gasteiger partial charge in [0.2, 0.25) is 0 Å². The maximum atomic E-state index is 5.12. The summed E-state index contributed by atoms with van der Waals surface area (Å²) in [5.41, 5.74) is 1.40. The second-order valence-electron chi connectivity index (χ2n) is 7.94. The fourth-order valence-corrected chi connectivity index (χ4v) is 3.61. The first-order valence-electron chi connectivity index (χ1n) is 11.4. The van der Waals surface area contributed by atoms with Crippen molar-refractivity contribution in [3.8, 4) is 0 Å². The van der Waals surface area contributed by atoms with E-state index in [1.54, 1.807) is 7.11 Å². The van der Waals surface area contributed by atoms with Crippen LogP contribution >= 0.6 is 24.0 Å². The Hall–Kier alpha value is -0.940. The number of halogens is 1. The van der Waals surface area contributed by atoms with Crippen molar-refractivity contribution in [1.29, 1.82) is 0 Å². The molecule has 0 unspecified atom stereocenters. The van der Waals surface area contributed by atoms with Crippen molar-refractivity contribution in [3.63, 3.8) is 0 Å². The zero-order chi connectivity index (χ0) is 21.4. The van der Waals surface area contributed by atoms with Crippen LogP contribution in [-0.2, 0) is 11.3 Å². The lowest BCUT2D eigenvalue weighted by molar-refractivity contribution is 0.130. The molecule has 1 aliphatic rings. The third-order valence-corrected chi connectivity index (χ3v) is 5.42. The summed E-state index contributed by atoms with van der Waals surface area (Å²) in [5, 5.41) is 6.81. The second-order valence-corrected chi connectivity index (χ2v) is 7.94. The summed E-state index contributed by atoms with van der Waals surface area (Å²) >= 11 is 0. The molecule has 0 spiro atoms. The number of benzene rings is 1. The quantitative estimate of drug-likeness (QED) is 0.171. The Morgan fingerprint density at radius 1 is 1.06 bits per heavy atom. The van der Waals surface area contributed by atoms with Gasteiger partial charge in [-0.3, -0.25) is 14.8 Å². The molecule has 0 bridgehead atoms. The number of guanidine groups is 1. The molecule has 178 valence electrons. The van der Waals surface area contributed by atoms with Crippen LogP contribution in [0.1, 0.15) is 18.9 Å². The Balaban J connectivity index is 0.00000480. The first-order chi connectivity index (χ1) is 14.7. The zero-order valence-electron chi connectivity index (χ0n) is 19.7. The highest BCUT2D eigenvalue weighted by Crippen LogP contribution is 2.08. The summed E-state index contributed by atoms with van der Waals surface area (Å²) in [6, 6.07) is 10.8. The summed E-state index contributed by atoms with van der Waals surface area (Å²) in [6.07, 6.45) is 1.07. The van der Waals surface area contributed by atoms with Crippen molar-refractivity contribution in [1.82, 2.24) is 25.3 Å². The summed E-state index contributed by atoms with van der Waals surface area (Å²) in [4.78, 5) is 12.2. The molecule has 2 rings (SSSR count). The van der Waals surface area contributed by atoms with E-state index in [0.717, 1.165) is 91.0 Å². The molecule has 0 radical (unpaired) electrons. The molecule has 0 aliphatic carbocycles. The molecule has 1 fully saturated rings. The normalized spacial score (nSPS) is 15.7. The number of aliphatic imine (C=N–C) groups is 1. The van der Waals surface area contributed by atoms with Crippen LogP contribution in [0.5, 0.6) is 0 Å². The molecule has 0 atom stereocenters. The third-order valence-electron chi connectivity index (χ3n) is 5.42. The van der Waals surface area contributed by atoms with Gasteiger partial charge in [-0.15, -0.1) is 24.0 Å². The molecule has 1 aromatic carbocycles. The van der Waals surface area contributed by atoms with Gasteiger partial charge in [-0.1, -0.05) is 30.3 Å². The van der Waals surface area contributed by atoms with Gasteiger partial charge in [-0.05, 0) is 26.0 Å². The van der Waals surface area contributed by atoms with Gasteiger partial charge in [-0.2, -0.15) is 0 Å². The standard InChI is InChI=1S/C23H42N6O.HI/c1-4-24-23(25-11-14-27(2)13-8-20-30-3)26-12-15-28-16-18-29(19-17-28)21-22-9-6-5-7-10-22;/h5-7,9-10H,4,8,11-21H2,1-3H3,(H2,24,25,26);1H. The van der Waals surface area contributed by atoms with E-state index >= 15 is 0 Å². The molecular weight excluding hydrogens is 503 g/mol. The smallest absolute Gasteiger partial charge is 0.191 e. The van der Waals surface area contributed by atoms with Gasteiger partial charge in [0.05, 0.1) is 6.54 Å². The minimum atomic E-state index is 0. The summed E-state index contributed by atoms with van der Waals surface area (Å²) < 4.78 is 5.12. The predicted octanol–water partition coefficient (Wildman–Crippen LogP) is 1.95. The fraction of sp³-hybridized carbons (Fsp3) is 0.696. The molecule has 1 saturated heterocycles. The highest BCUT2D eigenvalue weighted by Gasteiger charge is 2.16. The minimum Gasteiger partial charge on any atom is -0.385 e. The van der Waals surface area contributed by atoms with Gasteiger partial charge in [-0.25, -0.2) is 0 Å². The van der Waals surface area contributed by atoms with Crippen LogP contribution in [0.2, 0.25) is 0 Å². The van der Waals surface area contributed by atoms with E-state index in [2.05, 4.69) is 69.6 Å². The van der Waals surface area contributed by atoms with Crippen LogP contribution in [0.4, 0.5) is 0 Å². The number of nitrogens with zero attached hydrogens (tertiary/aromatic N) is 4. The Labute approximate surface area is 206 Å². The summed E-state index contributed by atoms with van der Waals surface area (Å²) in [6.45, 7) is 14.2. The number of hydrogen-bond donors (Lipinski definition) is 2. The topological polar surface area (TPSA) is 55.4 Å². The van der Waals surface area contributed by atoms with Gasteiger partial charge < -0.3 is 20.3 Å². The van der Waals surface area contributed by atoms with Crippen LogP contribution in [0, 0.1) is 0 Å². The highest BCUT2D eigenvalue weighted by molar-refractivity contribution is 14.0. The van der Waals surface area contributed by atoms with Crippen LogP contribution in [0.25, 0.3) is 0 Å². The minimum absolute atomic E-state index is 0. The Kier molecular flexibility index (Phi) is 15.9. The molecule has 31 heavy (non-hydrogen) atoms. The van der Waals surface area contributed by atoms with Gasteiger partial charge in [0, 0.05) is 79.2 Å². The van der Waals surface area contributed by atoms with Gasteiger partial charge in [0.25, 0.3) is 0 Å². The number of nitrogens with one attached hydrogen (secondary N) is 2. The van der Waals surface area contributed by atoms with E-state index in [1.807, 2.05) is 0 Å². The first kappa shape index (κ1) is 28.1. The van der Waals surface area contributed by atoms with Gasteiger partial charge in [0.15, 0.2) is 5.96 Å². The number of methoxy groups -OCH3 is 1. The van der Waals surface area contributed by atoms with E-state index in [4.69, 9.17) is 9.73 Å². The Bertz CT molecular complexity index is 581. The molecule has 0 aromatic heterocycles. The fourth-order valence-electron chi connectivity index (χ4n) is 3.61. The van der Waals surface area contributed by atoms with Crippen LogP contribution < -0.4 is 10.6 Å². The summed E-state index contributed by atoms with van der Waals surface area (Å²) in [7, 11) is 3.91. The van der Waals surface area contributed by atoms with E-state index in [-0.39, 0.29) is 24.0 Å². The number of hydrogen-bond acceptors (Lipinski definition) is 5. The van der Waals surface area contributed by atoms with Crippen molar-refractivity contribution in [2.75, 3.05) is 86.2 Å². The molecule has 1 heterocycles. The van der Waals surface area contributed by atoms with E-state index < -0.39 is 0 Å². The maximum absolute atomic E-state index is 5.12. The molecule has 0 amide bonds. The lowest BCUT2D eigenvalue weighted by Crippen LogP contribution is -2.47. The highest BCUT2D eigenvalue weighted by atomic mass is 127. The van der Waals surface area contributed by atoms with Crippen LogP contribution in [0.3, 0.4) is 0 Å². The lowest BCUT2D eigenvalue weighted by atomic mass is 10.2. The molecule has 0 saturated carbocycles. The molecule has 8 heteroatoms. The summed E-state index contributed by atoms with van der Waals surface area (Å²) in [5.74, 6) is 0.922. The second kappa shape index (κ2) is 17.6. The van der Waals surface area contributed by atoms with E-state index in [1.165, 1.54) is 5.56 Å². The largest absolute Gasteiger partial charge is 0.385 e. The number of likely N-dealkylation sites (N-methyl/N-ethyl adjacent to an activating group) is 1. The van der Waals surface area contributed by atoms with Crippen LogP contribution in [-0.4, -0.2) is 107 Å². The van der Waals surface area contributed by atoms with Crippen molar-refractivity contribution >= 4 is 29.9 Å². The molecule has 7 nitrogen and oxygen atoms in total. The number of piperazine rings is 1. The average molecular weight is 547 g/mol. The van der Waals surface area contributed by atoms with Crippen LogP contribution in [0.15, 0.2) is 35.3 Å². The molecular formula is C23H43IN6O. The molecule has 1 aromatic rings.